The van der Waals surface area contributed by atoms with E-state index in [1.165, 1.54) is 32.1 Å². The molecule has 110 valence electrons. The van der Waals surface area contributed by atoms with Crippen LogP contribution in [-0.2, 0) is 0 Å². The molecule has 2 N–H and O–H groups in total. The molecule has 3 rings (SSSR count). The van der Waals surface area contributed by atoms with Crippen molar-refractivity contribution in [3.8, 4) is 0 Å². The van der Waals surface area contributed by atoms with Crippen molar-refractivity contribution in [2.45, 2.75) is 50.5 Å². The number of thioether (sulfide) groups is 1. The number of aromatic nitrogens is 4. The summed E-state index contributed by atoms with van der Waals surface area (Å²) in [5.41, 5.74) is 6.21. The third-order valence-corrected chi connectivity index (χ3v) is 5.63. The molecular weight excluding hydrogens is 290 g/mol. The van der Waals surface area contributed by atoms with Gasteiger partial charge in [-0.25, -0.2) is 0 Å². The van der Waals surface area contributed by atoms with Crippen molar-refractivity contribution in [2.24, 2.45) is 5.73 Å². The number of hydrogen-bond donors (Lipinski definition) is 1. The molecule has 0 bridgehead atoms. The zero-order valence-corrected chi connectivity index (χ0v) is 13.4. The van der Waals surface area contributed by atoms with Crippen molar-refractivity contribution in [3.05, 3.63) is 10.8 Å². The van der Waals surface area contributed by atoms with Gasteiger partial charge in [-0.3, -0.25) is 0 Å². The predicted octanol–water partition coefficient (Wildman–Crippen LogP) is 2.99. The second-order valence-electron chi connectivity index (χ2n) is 5.42. The van der Waals surface area contributed by atoms with Crippen LogP contribution >= 0.6 is 23.1 Å². The first-order chi connectivity index (χ1) is 9.79. The second kappa shape index (κ2) is 6.41. The zero-order chi connectivity index (χ0) is 13.9. The molecule has 0 spiro atoms. The Labute approximate surface area is 127 Å². The van der Waals surface area contributed by atoms with Crippen LogP contribution in [0.4, 0.5) is 0 Å². The molecule has 0 aromatic carbocycles. The maximum atomic E-state index is 6.21. The van der Waals surface area contributed by atoms with Crippen molar-refractivity contribution in [1.29, 1.82) is 0 Å². The Balaban J connectivity index is 1.82. The van der Waals surface area contributed by atoms with Crippen molar-refractivity contribution >= 4 is 28.1 Å². The number of fused-ring (bicyclic) bond motifs is 1. The van der Waals surface area contributed by atoms with Gasteiger partial charge in [0.25, 0.3) is 0 Å². The van der Waals surface area contributed by atoms with E-state index in [-0.39, 0.29) is 6.04 Å². The SMILES string of the molecule is CSCCC(N)c1nn2c(C3CCCCC3)nnc2s1. The van der Waals surface area contributed by atoms with Gasteiger partial charge >= 0.3 is 0 Å². The average Bonchev–Trinajstić information content (AvgIpc) is 3.05. The van der Waals surface area contributed by atoms with Gasteiger partial charge in [0.1, 0.15) is 5.01 Å². The summed E-state index contributed by atoms with van der Waals surface area (Å²) in [4.78, 5) is 0.889. The van der Waals surface area contributed by atoms with Gasteiger partial charge in [-0.05, 0) is 31.3 Å². The Bertz CT molecular complexity index is 558. The highest BCUT2D eigenvalue weighted by Crippen LogP contribution is 2.32. The van der Waals surface area contributed by atoms with Gasteiger partial charge < -0.3 is 5.73 Å². The van der Waals surface area contributed by atoms with Gasteiger partial charge in [-0.2, -0.15) is 21.4 Å². The Hall–Kier alpha value is -0.660. The first-order valence-corrected chi connectivity index (χ1v) is 9.47. The highest BCUT2D eigenvalue weighted by atomic mass is 32.2. The lowest BCUT2D eigenvalue weighted by Gasteiger charge is -2.18. The van der Waals surface area contributed by atoms with Crippen LogP contribution < -0.4 is 5.73 Å². The molecule has 1 unspecified atom stereocenters. The van der Waals surface area contributed by atoms with Gasteiger partial charge in [0.05, 0.1) is 6.04 Å². The molecular formula is C13H21N5S2. The Morgan fingerprint density at radius 2 is 2.15 bits per heavy atom. The molecule has 0 amide bonds. The van der Waals surface area contributed by atoms with E-state index in [9.17, 15) is 0 Å². The second-order valence-corrected chi connectivity index (χ2v) is 7.39. The standard InChI is InChI=1S/C13H21N5S2/c1-19-8-7-10(14)12-17-18-11(15-16-13(18)20-12)9-5-3-2-4-6-9/h9-10H,2-8,14H2,1H3. The largest absolute Gasteiger partial charge is 0.322 e. The first-order valence-electron chi connectivity index (χ1n) is 7.26. The third kappa shape index (κ3) is 2.84. The van der Waals surface area contributed by atoms with E-state index in [1.54, 1.807) is 11.3 Å². The van der Waals surface area contributed by atoms with Crippen LogP contribution in [0.5, 0.6) is 0 Å². The van der Waals surface area contributed by atoms with Crippen LogP contribution in [0.3, 0.4) is 0 Å². The molecule has 0 radical (unpaired) electrons. The summed E-state index contributed by atoms with van der Waals surface area (Å²) in [5.74, 6) is 2.63. The molecule has 2 aromatic rings. The average molecular weight is 311 g/mol. The summed E-state index contributed by atoms with van der Waals surface area (Å²) in [5, 5.41) is 14.3. The van der Waals surface area contributed by atoms with Crippen molar-refractivity contribution in [2.75, 3.05) is 12.0 Å². The molecule has 1 fully saturated rings. The van der Waals surface area contributed by atoms with Gasteiger partial charge in [0, 0.05) is 5.92 Å². The normalized spacial score (nSPS) is 18.7. The zero-order valence-electron chi connectivity index (χ0n) is 11.8. The highest BCUT2D eigenvalue weighted by molar-refractivity contribution is 7.98. The van der Waals surface area contributed by atoms with Gasteiger partial charge in [0.2, 0.25) is 4.96 Å². The number of nitrogens with two attached hydrogens (primary N) is 1. The van der Waals surface area contributed by atoms with E-state index in [4.69, 9.17) is 5.73 Å². The minimum absolute atomic E-state index is 0.0216. The van der Waals surface area contributed by atoms with Crippen LogP contribution in [0.25, 0.3) is 4.96 Å². The van der Waals surface area contributed by atoms with E-state index in [1.807, 2.05) is 16.3 Å². The summed E-state index contributed by atoms with van der Waals surface area (Å²) >= 11 is 3.41. The lowest BCUT2D eigenvalue weighted by Crippen LogP contribution is -2.13. The molecule has 2 aromatic heterocycles. The van der Waals surface area contributed by atoms with E-state index in [0.717, 1.165) is 28.0 Å². The summed E-state index contributed by atoms with van der Waals surface area (Å²) in [7, 11) is 0. The fourth-order valence-electron chi connectivity index (χ4n) is 2.78. The predicted molar refractivity (Wildman–Crippen MR) is 84.4 cm³/mol. The quantitative estimate of drug-likeness (QED) is 0.919. The monoisotopic (exact) mass is 311 g/mol. The Morgan fingerprint density at radius 3 is 2.90 bits per heavy atom. The van der Waals surface area contributed by atoms with Gasteiger partial charge in [-0.15, -0.1) is 10.2 Å². The molecule has 0 saturated heterocycles. The summed E-state index contributed by atoms with van der Waals surface area (Å²) in [6, 6.07) is 0.0216. The third-order valence-electron chi connectivity index (χ3n) is 3.95. The lowest BCUT2D eigenvalue weighted by molar-refractivity contribution is 0.422. The minimum atomic E-state index is 0.0216. The Kier molecular flexibility index (Phi) is 4.58. The fourth-order valence-corrected chi connectivity index (χ4v) is 4.15. The summed E-state index contributed by atoms with van der Waals surface area (Å²) in [6.45, 7) is 0. The Morgan fingerprint density at radius 1 is 1.35 bits per heavy atom. The topological polar surface area (TPSA) is 69.1 Å². The van der Waals surface area contributed by atoms with Crippen molar-refractivity contribution in [3.63, 3.8) is 0 Å². The smallest absolute Gasteiger partial charge is 0.234 e. The van der Waals surface area contributed by atoms with Crippen LogP contribution in [0.15, 0.2) is 0 Å². The molecule has 0 aliphatic heterocycles. The number of nitrogens with zero attached hydrogens (tertiary/aromatic N) is 4. The lowest BCUT2D eigenvalue weighted by atomic mass is 9.89. The van der Waals surface area contributed by atoms with Crippen LogP contribution in [0.2, 0.25) is 0 Å². The maximum absolute atomic E-state index is 6.21. The van der Waals surface area contributed by atoms with E-state index >= 15 is 0 Å². The molecule has 1 saturated carbocycles. The van der Waals surface area contributed by atoms with Crippen LogP contribution in [-0.4, -0.2) is 31.8 Å². The minimum Gasteiger partial charge on any atom is -0.322 e. The summed E-state index contributed by atoms with van der Waals surface area (Å²) < 4.78 is 1.94. The van der Waals surface area contributed by atoms with Crippen LogP contribution in [0, 0.1) is 0 Å². The number of hydrogen-bond acceptors (Lipinski definition) is 6. The number of rotatable bonds is 5. The van der Waals surface area contributed by atoms with E-state index < -0.39 is 0 Å². The molecule has 7 heteroatoms. The van der Waals surface area contributed by atoms with Gasteiger partial charge in [-0.1, -0.05) is 30.6 Å². The molecule has 20 heavy (non-hydrogen) atoms. The molecule has 5 nitrogen and oxygen atoms in total. The van der Waals surface area contributed by atoms with E-state index in [0.29, 0.717) is 5.92 Å². The fraction of sp³-hybridized carbons (Fsp3) is 0.769. The first kappa shape index (κ1) is 14.3. The maximum Gasteiger partial charge on any atom is 0.234 e. The molecule has 1 aliphatic rings. The van der Waals surface area contributed by atoms with Crippen molar-refractivity contribution < 1.29 is 0 Å². The summed E-state index contributed by atoms with van der Waals surface area (Å²) in [6.07, 6.45) is 9.43. The molecule has 2 heterocycles. The van der Waals surface area contributed by atoms with Crippen LogP contribution in [0.1, 0.15) is 61.3 Å². The molecule has 1 atom stereocenters. The molecule has 1 aliphatic carbocycles. The van der Waals surface area contributed by atoms with Crippen molar-refractivity contribution in [1.82, 2.24) is 19.8 Å². The highest BCUT2D eigenvalue weighted by Gasteiger charge is 2.23. The van der Waals surface area contributed by atoms with E-state index in [2.05, 4.69) is 21.6 Å². The van der Waals surface area contributed by atoms with Gasteiger partial charge in [0.15, 0.2) is 5.82 Å².